The van der Waals surface area contributed by atoms with Crippen molar-refractivity contribution in [3.63, 3.8) is 0 Å². The van der Waals surface area contributed by atoms with Gasteiger partial charge >= 0.3 is 5.97 Å². The fourth-order valence-electron chi connectivity index (χ4n) is 5.07. The second-order valence-corrected chi connectivity index (χ2v) is 9.47. The van der Waals surface area contributed by atoms with E-state index in [4.69, 9.17) is 9.72 Å². The summed E-state index contributed by atoms with van der Waals surface area (Å²) >= 11 is 0. The van der Waals surface area contributed by atoms with Gasteiger partial charge in [-0.25, -0.2) is 14.8 Å². The minimum absolute atomic E-state index is 0.276. The number of nitrogens with zero attached hydrogens (tertiary/aromatic N) is 5. The first-order valence-corrected chi connectivity index (χ1v) is 12.5. The topological polar surface area (TPSA) is 93.4 Å². The van der Waals surface area contributed by atoms with E-state index in [1.54, 1.807) is 24.5 Å². The number of piperidine rings is 1. The van der Waals surface area contributed by atoms with E-state index in [1.165, 1.54) is 0 Å². The lowest BCUT2D eigenvalue weighted by molar-refractivity contribution is 0.0697. The molecule has 4 heterocycles. The molecule has 0 spiro atoms. The Bertz CT molecular complexity index is 1570. The van der Waals surface area contributed by atoms with Crippen molar-refractivity contribution in [2.24, 2.45) is 0 Å². The number of hydrogen-bond donors (Lipinski definition) is 1. The standard InChI is InChI=1S/C29H27N5O3/c35-29(36)21-8-9-26-27(14-21)34(18-31-26)19-33-12-10-20(11-13-33)25-6-3-7-28(32-25)37-17-23-16-30-15-22-4-1-2-5-24(22)23/h1-9,14-16,18,20H,10-13,17,19H2,(H,35,36). The zero-order chi connectivity index (χ0) is 25.2. The van der Waals surface area contributed by atoms with Crippen LogP contribution in [-0.2, 0) is 13.3 Å². The Morgan fingerprint density at radius 1 is 1.03 bits per heavy atom. The molecule has 1 N–H and O–H groups in total. The van der Waals surface area contributed by atoms with E-state index in [0.29, 0.717) is 25.1 Å². The summed E-state index contributed by atoms with van der Waals surface area (Å²) in [4.78, 5) is 27.3. The van der Waals surface area contributed by atoms with Gasteiger partial charge in [0.2, 0.25) is 5.88 Å². The first-order chi connectivity index (χ1) is 18.1. The molecule has 186 valence electrons. The van der Waals surface area contributed by atoms with Crippen LogP contribution in [0.25, 0.3) is 21.8 Å². The predicted molar refractivity (Wildman–Crippen MR) is 141 cm³/mol. The Labute approximate surface area is 214 Å². The molecule has 1 saturated heterocycles. The molecular weight excluding hydrogens is 466 g/mol. The van der Waals surface area contributed by atoms with Gasteiger partial charge in [0.15, 0.2) is 0 Å². The SMILES string of the molecule is O=C(O)c1ccc2ncn(CN3CCC(c4cccc(OCc5cncc6ccccc56)n4)CC3)c2c1. The second-order valence-electron chi connectivity index (χ2n) is 9.47. The Morgan fingerprint density at radius 3 is 2.76 bits per heavy atom. The molecule has 0 aliphatic carbocycles. The van der Waals surface area contributed by atoms with Crippen molar-refractivity contribution in [3.8, 4) is 5.88 Å². The molecule has 0 bridgehead atoms. The molecule has 0 amide bonds. The third-order valence-electron chi connectivity index (χ3n) is 7.10. The van der Waals surface area contributed by atoms with Crippen molar-refractivity contribution in [1.29, 1.82) is 0 Å². The number of imidazole rings is 1. The van der Waals surface area contributed by atoms with E-state index in [2.05, 4.69) is 33.1 Å². The minimum atomic E-state index is -0.928. The van der Waals surface area contributed by atoms with Gasteiger partial charge in [0.25, 0.3) is 0 Å². The van der Waals surface area contributed by atoms with Crippen molar-refractivity contribution >= 4 is 27.8 Å². The third-order valence-corrected chi connectivity index (χ3v) is 7.10. The number of hydrogen-bond acceptors (Lipinski definition) is 6. The van der Waals surface area contributed by atoms with Crippen LogP contribution < -0.4 is 4.74 Å². The number of likely N-dealkylation sites (tertiary alicyclic amines) is 1. The molecule has 1 aliphatic heterocycles. The van der Waals surface area contributed by atoms with E-state index in [1.807, 2.05) is 41.2 Å². The van der Waals surface area contributed by atoms with Crippen LogP contribution in [0.4, 0.5) is 0 Å². The van der Waals surface area contributed by atoms with Crippen molar-refractivity contribution < 1.29 is 14.6 Å². The molecule has 0 saturated carbocycles. The number of benzene rings is 2. The lowest BCUT2D eigenvalue weighted by Gasteiger charge is -2.32. The summed E-state index contributed by atoms with van der Waals surface area (Å²) in [5.41, 5.74) is 4.03. The fourth-order valence-corrected chi connectivity index (χ4v) is 5.07. The molecule has 1 aliphatic rings. The van der Waals surface area contributed by atoms with Gasteiger partial charge in [-0.15, -0.1) is 0 Å². The van der Waals surface area contributed by atoms with Crippen molar-refractivity contribution in [1.82, 2.24) is 24.4 Å². The maximum absolute atomic E-state index is 11.4. The van der Waals surface area contributed by atoms with Crippen LogP contribution in [-0.4, -0.2) is 48.6 Å². The molecule has 5 aromatic rings. The normalized spacial score (nSPS) is 14.8. The monoisotopic (exact) mass is 493 g/mol. The first-order valence-electron chi connectivity index (χ1n) is 12.5. The lowest BCUT2D eigenvalue weighted by Crippen LogP contribution is -2.34. The van der Waals surface area contributed by atoms with Crippen LogP contribution in [0.5, 0.6) is 5.88 Å². The van der Waals surface area contributed by atoms with E-state index < -0.39 is 5.97 Å². The number of ether oxygens (including phenoxy) is 1. The molecule has 0 unspecified atom stereocenters. The largest absolute Gasteiger partial charge is 0.478 e. The highest BCUT2D eigenvalue weighted by Crippen LogP contribution is 2.29. The number of pyridine rings is 2. The summed E-state index contributed by atoms with van der Waals surface area (Å²) in [7, 11) is 0. The zero-order valence-electron chi connectivity index (χ0n) is 20.3. The number of fused-ring (bicyclic) bond motifs is 2. The van der Waals surface area contributed by atoms with Gasteiger partial charge in [0, 0.05) is 54.1 Å². The van der Waals surface area contributed by atoms with Gasteiger partial charge in [-0.05, 0) is 42.5 Å². The van der Waals surface area contributed by atoms with Crippen LogP contribution in [0.1, 0.15) is 40.4 Å². The average molecular weight is 494 g/mol. The summed E-state index contributed by atoms with van der Waals surface area (Å²) < 4.78 is 8.10. The van der Waals surface area contributed by atoms with Crippen LogP contribution in [0.3, 0.4) is 0 Å². The Hall–Kier alpha value is -4.30. The highest BCUT2D eigenvalue weighted by Gasteiger charge is 2.22. The van der Waals surface area contributed by atoms with Crippen LogP contribution in [0, 0.1) is 0 Å². The van der Waals surface area contributed by atoms with Crippen LogP contribution in [0.2, 0.25) is 0 Å². The number of rotatable bonds is 7. The van der Waals surface area contributed by atoms with Gasteiger partial charge in [0.05, 0.1) is 29.6 Å². The molecule has 8 nitrogen and oxygen atoms in total. The highest BCUT2D eigenvalue weighted by atomic mass is 16.5. The van der Waals surface area contributed by atoms with Crippen LogP contribution in [0.15, 0.2) is 79.4 Å². The Kier molecular flexibility index (Phi) is 6.24. The molecule has 0 atom stereocenters. The molecular formula is C29H27N5O3. The summed E-state index contributed by atoms with van der Waals surface area (Å²) in [5.74, 6) is 0.0760. The summed E-state index contributed by atoms with van der Waals surface area (Å²) in [6.07, 6.45) is 7.50. The average Bonchev–Trinajstić information content (AvgIpc) is 3.34. The van der Waals surface area contributed by atoms with Crippen molar-refractivity contribution in [2.75, 3.05) is 13.1 Å². The Morgan fingerprint density at radius 2 is 1.89 bits per heavy atom. The first kappa shape index (κ1) is 23.1. The number of aromatic nitrogens is 4. The Balaban J connectivity index is 1.09. The van der Waals surface area contributed by atoms with Gasteiger partial charge < -0.3 is 14.4 Å². The van der Waals surface area contributed by atoms with Gasteiger partial charge in [-0.3, -0.25) is 9.88 Å². The van der Waals surface area contributed by atoms with E-state index >= 15 is 0 Å². The zero-order valence-corrected chi connectivity index (χ0v) is 20.3. The van der Waals surface area contributed by atoms with Crippen molar-refractivity contribution in [3.05, 3.63) is 96.2 Å². The molecule has 6 rings (SSSR count). The van der Waals surface area contributed by atoms with Gasteiger partial charge in [-0.1, -0.05) is 30.3 Å². The highest BCUT2D eigenvalue weighted by molar-refractivity contribution is 5.92. The third kappa shape index (κ3) is 4.88. The molecule has 37 heavy (non-hydrogen) atoms. The molecule has 1 fully saturated rings. The van der Waals surface area contributed by atoms with Crippen LogP contribution >= 0.6 is 0 Å². The van der Waals surface area contributed by atoms with E-state index in [0.717, 1.165) is 59.0 Å². The number of aromatic carboxylic acids is 1. The van der Waals surface area contributed by atoms with Crippen molar-refractivity contribution in [2.45, 2.75) is 32.0 Å². The van der Waals surface area contributed by atoms with Gasteiger partial charge in [-0.2, -0.15) is 0 Å². The maximum atomic E-state index is 11.4. The molecule has 3 aromatic heterocycles. The van der Waals surface area contributed by atoms with Gasteiger partial charge in [0.1, 0.15) is 6.61 Å². The summed E-state index contributed by atoms with van der Waals surface area (Å²) in [6, 6.07) is 19.2. The quantitative estimate of drug-likeness (QED) is 0.337. The minimum Gasteiger partial charge on any atom is -0.478 e. The fraction of sp³-hybridized carbons (Fsp3) is 0.241. The summed E-state index contributed by atoms with van der Waals surface area (Å²) in [6.45, 7) is 2.96. The number of carboxylic acid groups (broad SMARTS) is 1. The number of carboxylic acids is 1. The molecule has 8 heteroatoms. The lowest BCUT2D eigenvalue weighted by atomic mass is 9.93. The summed E-state index contributed by atoms with van der Waals surface area (Å²) in [5, 5.41) is 11.6. The number of carbonyl (C=O) groups is 1. The predicted octanol–water partition coefficient (Wildman–Crippen LogP) is 5.09. The van der Waals surface area contributed by atoms with E-state index in [9.17, 15) is 9.90 Å². The second kappa shape index (κ2) is 9.99. The molecule has 0 radical (unpaired) electrons. The maximum Gasteiger partial charge on any atom is 0.335 e. The molecule has 2 aromatic carbocycles. The van der Waals surface area contributed by atoms with E-state index in [-0.39, 0.29) is 5.56 Å². The smallest absolute Gasteiger partial charge is 0.335 e.